The van der Waals surface area contributed by atoms with Gasteiger partial charge in [-0.25, -0.2) is 0 Å². The molecule has 1 saturated carbocycles. The Morgan fingerprint density at radius 3 is 2.62 bits per heavy atom. The highest BCUT2D eigenvalue weighted by atomic mass is 19.4. The second-order valence-corrected chi connectivity index (χ2v) is 6.48. The summed E-state index contributed by atoms with van der Waals surface area (Å²) < 4.78 is 38.6. The molecule has 1 aliphatic carbocycles. The first-order valence-corrected chi connectivity index (χ1v) is 8.26. The van der Waals surface area contributed by atoms with E-state index < -0.39 is 12.1 Å². The van der Waals surface area contributed by atoms with Crippen molar-refractivity contribution in [1.29, 1.82) is 0 Å². The molecule has 2 aromatic carbocycles. The number of nitrogens with one attached hydrogen (secondary N) is 1. The molecule has 0 heterocycles. The van der Waals surface area contributed by atoms with Crippen LogP contribution in [-0.4, -0.2) is 18.1 Å². The number of carbonyl (C=O) groups excluding carboxylic acids is 1. The minimum atomic E-state index is -4.17. The van der Waals surface area contributed by atoms with Crippen LogP contribution >= 0.6 is 0 Å². The Hall–Kier alpha value is -2.04. The molecule has 1 amide bonds. The second kappa shape index (κ2) is 6.83. The van der Waals surface area contributed by atoms with E-state index in [-0.39, 0.29) is 31.2 Å². The van der Waals surface area contributed by atoms with E-state index >= 15 is 0 Å². The van der Waals surface area contributed by atoms with Crippen LogP contribution < -0.4 is 5.32 Å². The van der Waals surface area contributed by atoms with Crippen molar-refractivity contribution >= 4 is 16.7 Å². The largest absolute Gasteiger partial charge is 0.391 e. The van der Waals surface area contributed by atoms with E-state index in [2.05, 4.69) is 5.32 Å². The predicted molar refractivity (Wildman–Crippen MR) is 87.6 cm³/mol. The third-order valence-electron chi connectivity index (χ3n) is 4.73. The van der Waals surface area contributed by atoms with Crippen LogP contribution in [0.4, 0.5) is 13.2 Å². The number of amides is 1. The maximum atomic E-state index is 12.9. The van der Waals surface area contributed by atoms with E-state index in [4.69, 9.17) is 0 Å². The number of hydrogen-bond donors (Lipinski definition) is 1. The van der Waals surface area contributed by atoms with Crippen molar-refractivity contribution in [2.75, 3.05) is 0 Å². The summed E-state index contributed by atoms with van der Waals surface area (Å²) in [6.45, 7) is 0. The lowest BCUT2D eigenvalue weighted by molar-refractivity contribution is -0.184. The average Bonchev–Trinajstić information content (AvgIpc) is 2.54. The monoisotopic (exact) mass is 335 g/mol. The van der Waals surface area contributed by atoms with Gasteiger partial charge < -0.3 is 5.32 Å². The standard InChI is InChI=1S/C19H20F3NO/c20-19(21,22)15-8-4-9-16(12-15)23-18(24)11-14-7-3-6-13-5-1-2-10-17(13)14/h1-3,5-7,10,15-16H,4,8-9,11-12H2,(H,23,24)/t15-,16-/m1/s1. The first-order chi connectivity index (χ1) is 11.4. The topological polar surface area (TPSA) is 29.1 Å². The second-order valence-electron chi connectivity index (χ2n) is 6.48. The number of alkyl halides is 3. The minimum Gasteiger partial charge on any atom is -0.353 e. The number of halogens is 3. The van der Waals surface area contributed by atoms with Crippen LogP contribution in [0.1, 0.15) is 31.2 Å². The highest BCUT2D eigenvalue weighted by Gasteiger charge is 2.42. The molecule has 0 unspecified atom stereocenters. The molecular formula is C19H20F3NO. The molecule has 128 valence electrons. The maximum absolute atomic E-state index is 12.9. The minimum absolute atomic E-state index is 0.00915. The van der Waals surface area contributed by atoms with Crippen molar-refractivity contribution in [3.05, 3.63) is 48.0 Å². The van der Waals surface area contributed by atoms with Crippen molar-refractivity contribution in [2.24, 2.45) is 5.92 Å². The fourth-order valence-electron chi connectivity index (χ4n) is 3.52. The summed E-state index contributed by atoms with van der Waals surface area (Å²) >= 11 is 0. The highest BCUT2D eigenvalue weighted by molar-refractivity contribution is 5.90. The van der Waals surface area contributed by atoms with Gasteiger partial charge in [-0.3, -0.25) is 4.79 Å². The number of fused-ring (bicyclic) bond motifs is 1. The molecule has 2 atom stereocenters. The molecule has 0 bridgehead atoms. The Bertz CT molecular complexity index is 721. The first kappa shape index (κ1) is 16.8. The number of benzene rings is 2. The van der Waals surface area contributed by atoms with E-state index in [9.17, 15) is 18.0 Å². The molecule has 1 N–H and O–H groups in total. The van der Waals surface area contributed by atoms with Crippen molar-refractivity contribution in [2.45, 2.75) is 44.3 Å². The van der Waals surface area contributed by atoms with Gasteiger partial charge in [0.1, 0.15) is 0 Å². The molecule has 5 heteroatoms. The summed E-state index contributed by atoms with van der Waals surface area (Å²) in [6, 6.07) is 13.2. The summed E-state index contributed by atoms with van der Waals surface area (Å²) in [5, 5.41) is 4.85. The van der Waals surface area contributed by atoms with Gasteiger partial charge in [0.15, 0.2) is 0 Å². The van der Waals surface area contributed by atoms with Crippen molar-refractivity contribution in [1.82, 2.24) is 5.32 Å². The zero-order valence-electron chi connectivity index (χ0n) is 13.3. The van der Waals surface area contributed by atoms with Gasteiger partial charge >= 0.3 is 6.18 Å². The van der Waals surface area contributed by atoms with Gasteiger partial charge in [0.05, 0.1) is 12.3 Å². The first-order valence-electron chi connectivity index (χ1n) is 8.26. The molecule has 1 aliphatic rings. The molecule has 2 aromatic rings. The van der Waals surface area contributed by atoms with Gasteiger partial charge in [-0.05, 0) is 35.6 Å². The predicted octanol–water partition coefficient (Wildman–Crippen LogP) is 4.62. The molecule has 0 aromatic heterocycles. The van der Waals surface area contributed by atoms with Crippen LogP contribution in [0, 0.1) is 5.92 Å². The van der Waals surface area contributed by atoms with E-state index in [1.165, 1.54) is 0 Å². The molecular weight excluding hydrogens is 315 g/mol. The highest BCUT2D eigenvalue weighted by Crippen LogP contribution is 2.37. The number of rotatable bonds is 3. The van der Waals surface area contributed by atoms with Crippen molar-refractivity contribution < 1.29 is 18.0 Å². The molecule has 0 radical (unpaired) electrons. The normalized spacial score (nSPS) is 21.6. The molecule has 0 spiro atoms. The molecule has 2 nitrogen and oxygen atoms in total. The molecule has 24 heavy (non-hydrogen) atoms. The Balaban J connectivity index is 1.65. The third-order valence-corrected chi connectivity index (χ3v) is 4.73. The van der Waals surface area contributed by atoms with Crippen LogP contribution in [0.3, 0.4) is 0 Å². The van der Waals surface area contributed by atoms with E-state index in [1.807, 2.05) is 42.5 Å². The number of carbonyl (C=O) groups is 1. The quantitative estimate of drug-likeness (QED) is 0.871. The average molecular weight is 335 g/mol. The lowest BCUT2D eigenvalue weighted by Crippen LogP contribution is -2.42. The Morgan fingerprint density at radius 2 is 1.83 bits per heavy atom. The number of hydrogen-bond acceptors (Lipinski definition) is 1. The van der Waals surface area contributed by atoms with E-state index in [0.29, 0.717) is 12.8 Å². The van der Waals surface area contributed by atoms with E-state index in [0.717, 1.165) is 16.3 Å². The molecule has 0 aliphatic heterocycles. The molecule has 1 fully saturated rings. The summed E-state index contributed by atoms with van der Waals surface area (Å²) in [7, 11) is 0. The van der Waals surface area contributed by atoms with Crippen LogP contribution in [0.5, 0.6) is 0 Å². The summed E-state index contributed by atoms with van der Waals surface area (Å²) in [4.78, 5) is 12.3. The van der Waals surface area contributed by atoms with Gasteiger partial charge in [0.2, 0.25) is 5.91 Å². The van der Waals surface area contributed by atoms with Crippen LogP contribution in [0.25, 0.3) is 10.8 Å². The maximum Gasteiger partial charge on any atom is 0.391 e. The van der Waals surface area contributed by atoms with Crippen molar-refractivity contribution in [3.8, 4) is 0 Å². The Morgan fingerprint density at radius 1 is 1.08 bits per heavy atom. The lowest BCUT2D eigenvalue weighted by Gasteiger charge is -2.31. The smallest absolute Gasteiger partial charge is 0.353 e. The van der Waals surface area contributed by atoms with Crippen LogP contribution in [0.2, 0.25) is 0 Å². The fourth-order valence-corrected chi connectivity index (χ4v) is 3.52. The lowest BCUT2D eigenvalue weighted by atomic mass is 9.85. The van der Waals surface area contributed by atoms with Crippen LogP contribution in [0.15, 0.2) is 42.5 Å². The van der Waals surface area contributed by atoms with E-state index in [1.54, 1.807) is 0 Å². The zero-order valence-corrected chi connectivity index (χ0v) is 13.3. The molecule has 3 rings (SSSR count). The summed E-state index contributed by atoms with van der Waals surface area (Å²) in [5.74, 6) is -1.51. The summed E-state index contributed by atoms with van der Waals surface area (Å²) in [5.41, 5.74) is 0.897. The van der Waals surface area contributed by atoms with Gasteiger partial charge in [-0.1, -0.05) is 48.9 Å². The van der Waals surface area contributed by atoms with Gasteiger partial charge in [0, 0.05) is 6.04 Å². The Labute approximate surface area is 139 Å². The summed E-state index contributed by atoms with van der Waals surface area (Å²) in [6.07, 6.45) is -2.70. The third kappa shape index (κ3) is 3.89. The van der Waals surface area contributed by atoms with Crippen molar-refractivity contribution in [3.63, 3.8) is 0 Å². The van der Waals surface area contributed by atoms with Gasteiger partial charge in [-0.15, -0.1) is 0 Å². The van der Waals surface area contributed by atoms with Gasteiger partial charge in [0.25, 0.3) is 0 Å². The van der Waals surface area contributed by atoms with Gasteiger partial charge in [-0.2, -0.15) is 13.2 Å². The fraction of sp³-hybridized carbons (Fsp3) is 0.421. The van der Waals surface area contributed by atoms with Crippen LogP contribution in [-0.2, 0) is 11.2 Å². The molecule has 0 saturated heterocycles. The SMILES string of the molecule is O=C(Cc1cccc2ccccc12)N[C@@H]1CCC[C@@H](C(F)(F)F)C1. The zero-order chi connectivity index (χ0) is 17.2. The Kier molecular flexibility index (Phi) is 4.78.